The minimum atomic E-state index is -0.843. The number of rotatable bonds is 22. The molecule has 3 fully saturated rings. The Morgan fingerprint density at radius 1 is 0.529 bits per heavy atom. The number of halogens is 1. The maximum absolute atomic E-state index is 7.11. The van der Waals surface area contributed by atoms with E-state index in [1.165, 1.54) is 0 Å². The Balaban J connectivity index is 1.00. The second kappa shape index (κ2) is 25.8. The number of methoxy groups -OCH3 is 1. The Labute approximate surface area is 409 Å². The van der Waals surface area contributed by atoms with E-state index in [-0.39, 0.29) is 19.1 Å². The molecule has 14 atom stereocenters. The van der Waals surface area contributed by atoms with E-state index in [9.17, 15) is 0 Å². The van der Waals surface area contributed by atoms with Crippen LogP contribution in [-0.4, -0.2) is 98.9 Å². The minimum Gasteiger partial charge on any atom is -0.376 e. The fourth-order valence-corrected chi connectivity index (χ4v) is 9.92. The van der Waals surface area contributed by atoms with Gasteiger partial charge >= 0.3 is 0 Å². The first-order valence-electron chi connectivity index (χ1n) is 23.8. The van der Waals surface area contributed by atoms with Crippen LogP contribution in [0.15, 0.2) is 152 Å². The summed E-state index contributed by atoms with van der Waals surface area (Å²) in [6.45, 7) is 6.38. The smallest absolute Gasteiger partial charge is 0.186 e. The van der Waals surface area contributed by atoms with E-state index in [2.05, 4.69) is 22.9 Å². The molecular formula is C55H66BrNO11. The molecule has 3 aliphatic rings. The highest BCUT2D eigenvalue weighted by Crippen LogP contribution is 2.39. The normalized spacial score (nSPS) is 30.8. The fourth-order valence-electron chi connectivity index (χ4n) is 9.22. The molecule has 8 unspecified atom stereocenters. The Hall–Kier alpha value is -3.90. The van der Waals surface area contributed by atoms with E-state index < -0.39 is 78.6 Å². The molecule has 12 nitrogen and oxygen atoms in total. The van der Waals surface area contributed by atoms with Crippen molar-refractivity contribution < 1.29 is 52.1 Å². The van der Waals surface area contributed by atoms with Crippen LogP contribution in [0, 0.1) is 5.92 Å². The lowest BCUT2D eigenvalue weighted by molar-refractivity contribution is -0.359. The highest BCUT2D eigenvalue weighted by atomic mass is 79.9. The Morgan fingerprint density at radius 3 is 1.49 bits per heavy atom. The van der Waals surface area contributed by atoms with Gasteiger partial charge in [0, 0.05) is 13.0 Å². The number of hydrogen-bond donors (Lipinski definition) is 1. The average Bonchev–Trinajstić information content (AvgIpc) is 3.38. The predicted molar refractivity (Wildman–Crippen MR) is 260 cm³/mol. The third-order valence-corrected chi connectivity index (χ3v) is 13.6. The van der Waals surface area contributed by atoms with Crippen molar-refractivity contribution in [2.75, 3.05) is 20.3 Å². The zero-order valence-electron chi connectivity index (χ0n) is 39.1. The van der Waals surface area contributed by atoms with Crippen molar-refractivity contribution in [3.8, 4) is 0 Å². The van der Waals surface area contributed by atoms with Crippen LogP contribution in [0.3, 0.4) is 0 Å². The van der Waals surface area contributed by atoms with Gasteiger partial charge in [-0.1, -0.05) is 175 Å². The second-order valence-corrected chi connectivity index (χ2v) is 18.5. The van der Waals surface area contributed by atoms with Gasteiger partial charge in [-0.2, -0.15) is 0 Å². The topological polar surface area (TPSA) is 128 Å². The second-order valence-electron chi connectivity index (χ2n) is 17.6. The molecule has 5 aromatic rings. The molecule has 0 spiro atoms. The number of ether oxygens (including phenoxy) is 11. The molecule has 13 heteroatoms. The lowest BCUT2D eigenvalue weighted by atomic mass is 9.86. The summed E-state index contributed by atoms with van der Waals surface area (Å²) in [5.74, 6) is -0.197. The van der Waals surface area contributed by atoms with E-state index >= 15 is 0 Å². The van der Waals surface area contributed by atoms with Crippen LogP contribution in [0.4, 0.5) is 0 Å². The van der Waals surface area contributed by atoms with Gasteiger partial charge in [0.05, 0.1) is 64.5 Å². The van der Waals surface area contributed by atoms with E-state index in [1.807, 2.05) is 159 Å². The molecule has 0 aliphatic carbocycles. The van der Waals surface area contributed by atoms with E-state index in [4.69, 9.17) is 57.8 Å². The van der Waals surface area contributed by atoms with Crippen LogP contribution < -0.4 is 5.73 Å². The van der Waals surface area contributed by atoms with Gasteiger partial charge in [0.2, 0.25) is 0 Å². The van der Waals surface area contributed by atoms with Crippen LogP contribution >= 0.6 is 15.9 Å². The molecule has 8 rings (SSSR count). The van der Waals surface area contributed by atoms with Gasteiger partial charge in [0.25, 0.3) is 0 Å². The summed E-state index contributed by atoms with van der Waals surface area (Å²) < 4.78 is 73.3. The van der Waals surface area contributed by atoms with Gasteiger partial charge in [-0.05, 0) is 41.2 Å². The van der Waals surface area contributed by atoms with Gasteiger partial charge < -0.3 is 57.8 Å². The van der Waals surface area contributed by atoms with Gasteiger partial charge in [0.1, 0.15) is 47.7 Å². The van der Waals surface area contributed by atoms with Crippen molar-refractivity contribution in [3.05, 3.63) is 179 Å². The van der Waals surface area contributed by atoms with Crippen LogP contribution in [0.1, 0.15) is 48.1 Å². The molecule has 5 aromatic carbocycles. The van der Waals surface area contributed by atoms with Crippen LogP contribution in [0.25, 0.3) is 0 Å². The standard InChI is InChI=1S/C55H66BrNO11/c1-4-43-47(67-54-52(63-34-42-28-18-9-19-29-42)49(61-32-40-24-14-7-15-25-40)45(36-64-54)60-31-39-22-12-6-13-23-39)37(2)65-55(48(43)58-3)68-51-50(62-33-41-26-16-8-17-27-41)46(57)44(66-53(51)56)35-59-30-38-20-10-5-11-21-38/h5-29,37,43-55H,4,30-36,57H2,1-3H3/t37-,43?,44-,45-,46?,47?,48?,49?,50?,51?,52?,53+,54+,55+/m1/s1. The number of alkyl halides is 1. The largest absolute Gasteiger partial charge is 0.376 e. The van der Waals surface area contributed by atoms with Crippen LogP contribution in [0.2, 0.25) is 0 Å². The first-order chi connectivity index (χ1) is 33.4. The molecule has 0 amide bonds. The first-order valence-corrected chi connectivity index (χ1v) is 24.7. The maximum atomic E-state index is 7.11. The van der Waals surface area contributed by atoms with Gasteiger partial charge in [-0.25, -0.2) is 0 Å². The van der Waals surface area contributed by atoms with Gasteiger partial charge in [-0.3, -0.25) is 0 Å². The van der Waals surface area contributed by atoms with Crippen molar-refractivity contribution >= 4 is 15.9 Å². The quantitative estimate of drug-likeness (QED) is 0.0666. The highest BCUT2D eigenvalue weighted by molar-refractivity contribution is 9.09. The van der Waals surface area contributed by atoms with Crippen molar-refractivity contribution in [1.82, 2.24) is 0 Å². The predicted octanol–water partition coefficient (Wildman–Crippen LogP) is 8.90. The maximum Gasteiger partial charge on any atom is 0.186 e. The number of benzene rings is 5. The Kier molecular flexibility index (Phi) is 19.2. The van der Waals surface area contributed by atoms with Crippen LogP contribution in [0.5, 0.6) is 0 Å². The molecule has 3 aliphatic heterocycles. The van der Waals surface area contributed by atoms with E-state index in [0.717, 1.165) is 27.8 Å². The summed E-state index contributed by atoms with van der Waals surface area (Å²) in [4.78, 5) is 0. The Morgan fingerprint density at radius 2 is 0.985 bits per heavy atom. The molecule has 364 valence electrons. The summed E-state index contributed by atoms with van der Waals surface area (Å²) in [6.07, 6.45) is -5.97. The molecule has 0 bridgehead atoms. The van der Waals surface area contributed by atoms with Crippen molar-refractivity contribution in [3.63, 3.8) is 0 Å². The molecule has 68 heavy (non-hydrogen) atoms. The number of nitrogens with two attached hydrogens (primary N) is 1. The zero-order chi connectivity index (χ0) is 47.1. The van der Waals surface area contributed by atoms with Crippen LogP contribution in [-0.2, 0) is 85.1 Å². The lowest BCUT2D eigenvalue weighted by Crippen LogP contribution is -2.65. The summed E-state index contributed by atoms with van der Waals surface area (Å²) in [7, 11) is 1.67. The number of hydrogen-bond acceptors (Lipinski definition) is 12. The van der Waals surface area contributed by atoms with E-state index in [0.29, 0.717) is 39.5 Å². The third-order valence-electron chi connectivity index (χ3n) is 12.9. The lowest BCUT2D eigenvalue weighted by Gasteiger charge is -2.50. The molecule has 3 saturated heterocycles. The molecule has 0 radical (unpaired) electrons. The summed E-state index contributed by atoms with van der Waals surface area (Å²) >= 11 is 3.81. The van der Waals surface area contributed by atoms with E-state index in [1.54, 1.807) is 7.11 Å². The van der Waals surface area contributed by atoms with Gasteiger partial charge in [-0.15, -0.1) is 0 Å². The molecule has 0 aromatic heterocycles. The third kappa shape index (κ3) is 13.5. The summed E-state index contributed by atoms with van der Waals surface area (Å²) in [5.41, 5.74) is 12.2. The molecular weight excluding hydrogens is 931 g/mol. The van der Waals surface area contributed by atoms with Crippen molar-refractivity contribution in [2.45, 2.75) is 132 Å². The SMILES string of the molecule is CCC1C(OC)[C@H](OC2C(OCc3ccccc3)C(N)[C@@H](COCc3ccccc3)O[C@@H]2Br)O[C@H](C)C1O[C@@H]1OC[C@@H](OCc2ccccc2)C(OCc2ccccc2)C1OCc1ccccc1. The zero-order valence-corrected chi connectivity index (χ0v) is 40.7. The van der Waals surface area contributed by atoms with Crippen molar-refractivity contribution in [2.24, 2.45) is 11.7 Å². The minimum absolute atomic E-state index is 0.197. The first kappa shape index (κ1) is 50.5. The monoisotopic (exact) mass is 995 g/mol. The Bertz CT molecular complexity index is 2170. The molecule has 3 heterocycles. The summed E-state index contributed by atoms with van der Waals surface area (Å²) in [6, 6.07) is 49.7. The van der Waals surface area contributed by atoms with Gasteiger partial charge in [0.15, 0.2) is 12.6 Å². The summed E-state index contributed by atoms with van der Waals surface area (Å²) in [5, 5.41) is -0.609. The molecule has 0 saturated carbocycles. The molecule has 2 N–H and O–H groups in total. The van der Waals surface area contributed by atoms with Crippen molar-refractivity contribution in [1.29, 1.82) is 0 Å². The average molecular weight is 997 g/mol. The fraction of sp³-hybridized carbons (Fsp3) is 0.455. The highest BCUT2D eigenvalue weighted by Gasteiger charge is 2.53.